The van der Waals surface area contributed by atoms with E-state index in [1.807, 2.05) is 0 Å². The first-order valence-electron chi connectivity index (χ1n) is 0.258. The van der Waals surface area contributed by atoms with Gasteiger partial charge in [-0.15, -0.1) is 0 Å². The van der Waals surface area contributed by atoms with E-state index >= 15 is 0 Å². The number of halogens is 3. The Balaban J connectivity index is -0.000000000833. The molecule has 1 radical (unpaired) electrons. The molecule has 0 unspecified atom stereocenters. The Hall–Kier alpha value is 2.13. The normalized spacial score (nSPS) is 1.00. The van der Waals surface area contributed by atoms with Gasteiger partial charge >= 0.3 is 40.4 Å². The van der Waals surface area contributed by atoms with Crippen LogP contribution in [-0.4, -0.2) is 5.21 Å². The molecule has 0 aliphatic heterocycles. The van der Waals surface area contributed by atoms with E-state index < -0.39 is 0 Å². The summed E-state index contributed by atoms with van der Waals surface area (Å²) in [5.74, 6) is 3.50. The van der Waals surface area contributed by atoms with Crippen molar-refractivity contribution in [2.75, 3.05) is 0 Å². The van der Waals surface area contributed by atoms with Crippen molar-refractivity contribution in [2.24, 2.45) is 5.90 Å². The fourth-order valence-corrected chi connectivity index (χ4v) is 0. The quantitative estimate of drug-likeness (QED) is 0.435. The molecule has 41 valence electrons. The maximum Gasteiger partial charge on any atom is 3.00 e. The molecule has 0 rings (SSSR count). The van der Waals surface area contributed by atoms with Crippen molar-refractivity contribution >= 4 is 0 Å². The molecule has 0 heterocycles. The Morgan fingerprint density at radius 1 is 0.833 bits per heavy atom. The van der Waals surface area contributed by atoms with Gasteiger partial charge in [-0.05, 0) is 0 Å². The molecule has 6 heavy (non-hydrogen) atoms. The van der Waals surface area contributed by atoms with Gasteiger partial charge < -0.3 is 42.4 Å². The van der Waals surface area contributed by atoms with Crippen molar-refractivity contribution in [1.29, 1.82) is 0 Å². The SMILES string of the molecule is NO.[Cl-].[Cl-].[Cl-].[Sm+3]. The average Bonchev–Trinajstić information content (AvgIpc) is 1.00. The van der Waals surface area contributed by atoms with Crippen molar-refractivity contribution in [3.05, 3.63) is 0 Å². The molecular weight excluding hydrogens is 287 g/mol. The van der Waals surface area contributed by atoms with Gasteiger partial charge in [0.25, 0.3) is 0 Å². The zero-order chi connectivity index (χ0) is 2.00. The zero-order valence-electron chi connectivity index (χ0n) is 2.57. The number of rotatable bonds is 0. The Kier molecular flexibility index (Phi) is 416. The third-order valence-corrected chi connectivity index (χ3v) is 0. The third kappa shape index (κ3) is 35.6. The van der Waals surface area contributed by atoms with Gasteiger partial charge in [0, 0.05) is 0 Å². The Morgan fingerprint density at radius 2 is 0.833 bits per heavy atom. The first-order valence-corrected chi connectivity index (χ1v) is 0.258. The van der Waals surface area contributed by atoms with Gasteiger partial charge in [0.15, 0.2) is 0 Å². The van der Waals surface area contributed by atoms with E-state index in [9.17, 15) is 0 Å². The van der Waals surface area contributed by atoms with Crippen molar-refractivity contribution in [3.8, 4) is 0 Å². The van der Waals surface area contributed by atoms with Crippen molar-refractivity contribution in [1.82, 2.24) is 0 Å². The second kappa shape index (κ2) is 59.1. The molecule has 0 aromatic carbocycles. The van der Waals surface area contributed by atoms with Crippen LogP contribution in [0.4, 0.5) is 0 Å². The minimum Gasteiger partial charge on any atom is -1.00 e. The Labute approximate surface area is 87.5 Å². The fourth-order valence-electron chi connectivity index (χ4n) is 0. The third-order valence-electron chi connectivity index (χ3n) is 0. The van der Waals surface area contributed by atoms with Crippen LogP contribution in [0, 0.1) is 40.4 Å². The van der Waals surface area contributed by atoms with Gasteiger partial charge in [-0.3, -0.25) is 0 Å². The molecule has 0 amide bonds. The largest absolute Gasteiger partial charge is 3.00 e. The number of nitrogens with two attached hydrogens (primary N) is 1. The maximum absolute atomic E-state index is 6.50. The van der Waals surface area contributed by atoms with Gasteiger partial charge in [-0.25, -0.2) is 5.90 Å². The minimum absolute atomic E-state index is 0. The van der Waals surface area contributed by atoms with Crippen LogP contribution in [0.1, 0.15) is 0 Å². The predicted molar refractivity (Wildman–Crippen MR) is 5.97 cm³/mol. The Bertz CT molecular complexity index is 10.8. The van der Waals surface area contributed by atoms with Gasteiger partial charge in [-0.2, -0.15) is 0 Å². The summed E-state index contributed by atoms with van der Waals surface area (Å²) in [6, 6.07) is 0. The van der Waals surface area contributed by atoms with E-state index in [0.29, 0.717) is 0 Å². The second-order valence-electron chi connectivity index (χ2n) is 0. The molecule has 0 aromatic rings. The standard InChI is InChI=1S/3ClH.H3NO.Sm/c;;;1-2;/h3*1H;2H,1H2;/q;;;;+3/p-3. The second-order valence-corrected chi connectivity index (χ2v) is 0. The van der Waals surface area contributed by atoms with E-state index in [1.165, 1.54) is 0 Å². The molecule has 3 N–H and O–H groups in total. The summed E-state index contributed by atoms with van der Waals surface area (Å²) in [6.07, 6.45) is 0. The van der Waals surface area contributed by atoms with Crippen molar-refractivity contribution in [3.63, 3.8) is 0 Å². The molecule has 0 aliphatic rings. The van der Waals surface area contributed by atoms with Crippen molar-refractivity contribution < 1.29 is 82.8 Å². The van der Waals surface area contributed by atoms with E-state index in [2.05, 4.69) is 5.90 Å². The van der Waals surface area contributed by atoms with Crippen LogP contribution in [0.25, 0.3) is 0 Å². The fraction of sp³-hybridized carbons (Fsp3) is 0. The monoisotopic (exact) mass is 290 g/mol. The van der Waals surface area contributed by atoms with E-state index in [0.717, 1.165) is 0 Å². The van der Waals surface area contributed by atoms with Gasteiger partial charge in [0.05, 0.1) is 0 Å². The van der Waals surface area contributed by atoms with Gasteiger partial charge in [0.2, 0.25) is 0 Å². The predicted octanol–water partition coefficient (Wildman–Crippen LogP) is -9.65. The molecule has 0 saturated heterocycles. The van der Waals surface area contributed by atoms with Crippen LogP contribution in [0.5, 0.6) is 0 Å². The first kappa shape index (κ1) is 42.2. The van der Waals surface area contributed by atoms with E-state index in [1.54, 1.807) is 0 Å². The molecular formula is H3Cl3NOSm. The van der Waals surface area contributed by atoms with Crippen LogP contribution in [0.2, 0.25) is 0 Å². The number of hydrogen-bond acceptors (Lipinski definition) is 2. The molecule has 0 spiro atoms. The first-order chi connectivity index (χ1) is 1.00. The summed E-state index contributed by atoms with van der Waals surface area (Å²) in [4.78, 5) is 0. The van der Waals surface area contributed by atoms with Crippen LogP contribution in [0.15, 0.2) is 0 Å². The molecule has 0 atom stereocenters. The Morgan fingerprint density at radius 3 is 0.833 bits per heavy atom. The molecule has 6 heteroatoms. The minimum atomic E-state index is 0. The summed E-state index contributed by atoms with van der Waals surface area (Å²) < 4.78 is 0. The summed E-state index contributed by atoms with van der Waals surface area (Å²) in [7, 11) is 0. The smallest absolute Gasteiger partial charge is 1.00 e. The summed E-state index contributed by atoms with van der Waals surface area (Å²) in [6.45, 7) is 0. The summed E-state index contributed by atoms with van der Waals surface area (Å²) in [5, 5.41) is 6.50. The van der Waals surface area contributed by atoms with Crippen LogP contribution < -0.4 is 43.1 Å². The van der Waals surface area contributed by atoms with Crippen LogP contribution in [0.3, 0.4) is 0 Å². The van der Waals surface area contributed by atoms with Crippen LogP contribution >= 0.6 is 0 Å². The molecule has 0 aliphatic carbocycles. The summed E-state index contributed by atoms with van der Waals surface area (Å²) in [5.41, 5.74) is 0. The molecule has 2 nitrogen and oxygen atoms in total. The molecule has 0 aromatic heterocycles. The van der Waals surface area contributed by atoms with E-state index in [-0.39, 0.29) is 77.6 Å². The number of hydrogen-bond donors (Lipinski definition) is 2. The van der Waals surface area contributed by atoms with Crippen LogP contribution in [-0.2, 0) is 0 Å². The van der Waals surface area contributed by atoms with Gasteiger partial charge in [-0.1, -0.05) is 0 Å². The topological polar surface area (TPSA) is 46.2 Å². The maximum atomic E-state index is 6.50. The zero-order valence-corrected chi connectivity index (χ0v) is 7.45. The van der Waals surface area contributed by atoms with Gasteiger partial charge in [0.1, 0.15) is 0 Å². The van der Waals surface area contributed by atoms with E-state index in [4.69, 9.17) is 5.21 Å². The molecule has 0 bridgehead atoms. The molecule has 0 saturated carbocycles. The summed E-state index contributed by atoms with van der Waals surface area (Å²) >= 11 is 0. The molecule has 0 fully saturated rings. The average molecular weight is 290 g/mol. The van der Waals surface area contributed by atoms with Crippen molar-refractivity contribution in [2.45, 2.75) is 0 Å².